The van der Waals surface area contributed by atoms with Crippen LogP contribution in [0, 0.1) is 0 Å². The van der Waals surface area contributed by atoms with E-state index in [0.29, 0.717) is 12.2 Å². The smallest absolute Gasteiger partial charge is 0.234 e. The molecule has 2 aromatic rings. The molecule has 2 N–H and O–H groups in total. The lowest BCUT2D eigenvalue weighted by Crippen LogP contribution is -2.25. The molecule has 0 unspecified atom stereocenters. The van der Waals surface area contributed by atoms with Crippen LogP contribution >= 0.6 is 11.8 Å². The molecular weight excluding hydrogens is 324 g/mol. The summed E-state index contributed by atoms with van der Waals surface area (Å²) in [6, 6.07) is 16.8. The summed E-state index contributed by atoms with van der Waals surface area (Å²) in [5.74, 6) is 0.993. The van der Waals surface area contributed by atoms with Crippen molar-refractivity contribution in [3.8, 4) is 5.75 Å². The molecule has 0 aliphatic heterocycles. The fraction of sp³-hybridized carbons (Fsp3) is 0.222. The Balaban J connectivity index is 1.63. The summed E-state index contributed by atoms with van der Waals surface area (Å²) in [6.07, 6.45) is 0. The molecule has 2 amide bonds. The van der Waals surface area contributed by atoms with Gasteiger partial charge in [0.2, 0.25) is 11.8 Å². The molecule has 6 heteroatoms. The summed E-state index contributed by atoms with van der Waals surface area (Å²) in [7, 11) is 1.59. The molecule has 0 atom stereocenters. The predicted molar refractivity (Wildman–Crippen MR) is 97.2 cm³/mol. The molecule has 0 bridgehead atoms. The van der Waals surface area contributed by atoms with Crippen molar-refractivity contribution in [3.05, 3.63) is 60.2 Å². The number of hydrogen-bond donors (Lipinski definition) is 2. The number of hydrogen-bond acceptors (Lipinski definition) is 4. The molecule has 0 aliphatic rings. The maximum Gasteiger partial charge on any atom is 0.234 e. The Morgan fingerprint density at radius 3 is 2.29 bits per heavy atom. The van der Waals surface area contributed by atoms with E-state index in [1.807, 2.05) is 30.3 Å². The SMILES string of the molecule is COc1ccc(NC(=O)CSCC(=O)NCc2ccccc2)cc1. The van der Waals surface area contributed by atoms with Crippen LogP contribution in [-0.4, -0.2) is 30.4 Å². The molecule has 126 valence electrons. The molecule has 0 spiro atoms. The third-order valence-electron chi connectivity index (χ3n) is 3.17. The minimum atomic E-state index is -0.138. The van der Waals surface area contributed by atoms with E-state index in [9.17, 15) is 9.59 Å². The van der Waals surface area contributed by atoms with Crippen LogP contribution < -0.4 is 15.4 Å². The number of carbonyl (C=O) groups is 2. The fourth-order valence-corrected chi connectivity index (χ4v) is 2.60. The molecule has 0 aromatic heterocycles. The van der Waals surface area contributed by atoms with Crippen LogP contribution in [0.5, 0.6) is 5.75 Å². The van der Waals surface area contributed by atoms with E-state index in [1.165, 1.54) is 11.8 Å². The van der Waals surface area contributed by atoms with Crippen LogP contribution in [0.25, 0.3) is 0 Å². The Morgan fingerprint density at radius 2 is 1.62 bits per heavy atom. The summed E-state index contributed by atoms with van der Waals surface area (Å²) in [5, 5.41) is 5.61. The zero-order chi connectivity index (χ0) is 17.2. The van der Waals surface area contributed by atoms with Crippen LogP contribution in [0.15, 0.2) is 54.6 Å². The van der Waals surface area contributed by atoms with Crippen molar-refractivity contribution >= 4 is 29.3 Å². The largest absolute Gasteiger partial charge is 0.497 e. The van der Waals surface area contributed by atoms with Crippen LogP contribution in [-0.2, 0) is 16.1 Å². The van der Waals surface area contributed by atoms with Crippen LogP contribution in [0.2, 0.25) is 0 Å². The van der Waals surface area contributed by atoms with Gasteiger partial charge >= 0.3 is 0 Å². The van der Waals surface area contributed by atoms with Crippen molar-refractivity contribution in [3.63, 3.8) is 0 Å². The van der Waals surface area contributed by atoms with Gasteiger partial charge in [-0.25, -0.2) is 0 Å². The quantitative estimate of drug-likeness (QED) is 0.773. The van der Waals surface area contributed by atoms with Gasteiger partial charge in [-0.2, -0.15) is 0 Å². The summed E-state index contributed by atoms with van der Waals surface area (Å²) in [5.41, 5.74) is 1.75. The average molecular weight is 344 g/mol. The van der Waals surface area contributed by atoms with Crippen molar-refractivity contribution < 1.29 is 14.3 Å². The van der Waals surface area contributed by atoms with Crippen molar-refractivity contribution in [2.45, 2.75) is 6.54 Å². The van der Waals surface area contributed by atoms with Crippen molar-refractivity contribution in [2.75, 3.05) is 23.9 Å². The number of nitrogens with one attached hydrogen (secondary N) is 2. The van der Waals surface area contributed by atoms with E-state index in [-0.39, 0.29) is 23.3 Å². The third-order valence-corrected chi connectivity index (χ3v) is 4.11. The number of rotatable bonds is 8. The lowest BCUT2D eigenvalue weighted by molar-refractivity contribution is -0.118. The molecule has 2 rings (SSSR count). The summed E-state index contributed by atoms with van der Waals surface area (Å²) in [4.78, 5) is 23.6. The number of methoxy groups -OCH3 is 1. The maximum absolute atomic E-state index is 11.8. The summed E-state index contributed by atoms with van der Waals surface area (Å²) < 4.78 is 5.06. The van der Waals surface area contributed by atoms with Crippen molar-refractivity contribution in [1.29, 1.82) is 0 Å². The normalized spacial score (nSPS) is 10.0. The molecule has 0 radical (unpaired) electrons. The lowest BCUT2D eigenvalue weighted by Gasteiger charge is -2.07. The molecule has 0 saturated heterocycles. The first kappa shape index (κ1) is 17.9. The van der Waals surface area contributed by atoms with E-state index < -0.39 is 0 Å². The molecule has 0 saturated carbocycles. The standard InChI is InChI=1S/C18H20N2O3S/c1-23-16-9-7-15(8-10-16)20-18(22)13-24-12-17(21)19-11-14-5-3-2-4-6-14/h2-10H,11-13H2,1H3,(H,19,21)(H,20,22). The number of amides is 2. The number of anilines is 1. The topological polar surface area (TPSA) is 67.4 Å². The minimum Gasteiger partial charge on any atom is -0.497 e. The first-order chi connectivity index (χ1) is 11.7. The van der Waals surface area contributed by atoms with Crippen LogP contribution in [0.1, 0.15) is 5.56 Å². The van der Waals surface area contributed by atoms with Crippen LogP contribution in [0.4, 0.5) is 5.69 Å². The van der Waals surface area contributed by atoms with Gasteiger partial charge in [0, 0.05) is 12.2 Å². The van der Waals surface area contributed by atoms with Gasteiger partial charge in [-0.15, -0.1) is 11.8 Å². The molecule has 0 aliphatic carbocycles. The summed E-state index contributed by atoms with van der Waals surface area (Å²) in [6.45, 7) is 0.498. The minimum absolute atomic E-state index is 0.0823. The fourth-order valence-electron chi connectivity index (χ4n) is 1.96. The molecule has 0 fully saturated rings. The molecule has 0 heterocycles. The zero-order valence-corrected chi connectivity index (χ0v) is 14.3. The Bertz CT molecular complexity index is 660. The molecule has 2 aromatic carbocycles. The zero-order valence-electron chi connectivity index (χ0n) is 13.5. The second kappa shape index (κ2) is 9.62. The van der Waals surface area contributed by atoms with Gasteiger partial charge in [-0.05, 0) is 29.8 Å². The number of ether oxygens (including phenoxy) is 1. The predicted octanol–water partition coefficient (Wildman–Crippen LogP) is 2.68. The maximum atomic E-state index is 11.8. The average Bonchev–Trinajstić information content (AvgIpc) is 2.61. The monoisotopic (exact) mass is 344 g/mol. The lowest BCUT2D eigenvalue weighted by atomic mass is 10.2. The highest BCUT2D eigenvalue weighted by atomic mass is 32.2. The van der Waals surface area contributed by atoms with Gasteiger partial charge in [-0.1, -0.05) is 30.3 Å². The number of benzene rings is 2. The molecule has 5 nitrogen and oxygen atoms in total. The molecular formula is C18H20N2O3S. The Labute approximate surface area is 145 Å². The Hall–Kier alpha value is -2.47. The van der Waals surface area contributed by atoms with Gasteiger partial charge in [-0.3, -0.25) is 9.59 Å². The Kier molecular flexibility index (Phi) is 7.17. The first-order valence-corrected chi connectivity index (χ1v) is 8.65. The van der Waals surface area contributed by atoms with E-state index in [1.54, 1.807) is 31.4 Å². The Morgan fingerprint density at radius 1 is 0.958 bits per heavy atom. The number of carbonyl (C=O) groups excluding carboxylic acids is 2. The molecule has 24 heavy (non-hydrogen) atoms. The summed E-state index contributed by atoms with van der Waals surface area (Å²) >= 11 is 1.28. The van der Waals surface area contributed by atoms with Crippen molar-refractivity contribution in [1.82, 2.24) is 5.32 Å². The van der Waals surface area contributed by atoms with Gasteiger partial charge in [0.1, 0.15) is 5.75 Å². The number of thioether (sulfide) groups is 1. The van der Waals surface area contributed by atoms with Gasteiger partial charge in [0.15, 0.2) is 0 Å². The van der Waals surface area contributed by atoms with E-state index >= 15 is 0 Å². The van der Waals surface area contributed by atoms with Crippen molar-refractivity contribution in [2.24, 2.45) is 0 Å². The van der Waals surface area contributed by atoms with Gasteiger partial charge in [0.05, 0.1) is 18.6 Å². The second-order valence-electron chi connectivity index (χ2n) is 5.03. The second-order valence-corrected chi connectivity index (χ2v) is 6.02. The van der Waals surface area contributed by atoms with Gasteiger partial charge in [0.25, 0.3) is 0 Å². The van der Waals surface area contributed by atoms with E-state index in [2.05, 4.69) is 10.6 Å². The van der Waals surface area contributed by atoms with Crippen LogP contribution in [0.3, 0.4) is 0 Å². The first-order valence-electron chi connectivity index (χ1n) is 7.49. The highest BCUT2D eigenvalue weighted by Crippen LogP contribution is 2.15. The van der Waals surface area contributed by atoms with E-state index in [4.69, 9.17) is 4.74 Å². The highest BCUT2D eigenvalue weighted by molar-refractivity contribution is 8.00. The third kappa shape index (κ3) is 6.34. The van der Waals surface area contributed by atoms with E-state index in [0.717, 1.165) is 11.3 Å². The van der Waals surface area contributed by atoms with Gasteiger partial charge < -0.3 is 15.4 Å². The highest BCUT2D eigenvalue weighted by Gasteiger charge is 2.06.